The minimum Gasteiger partial charge on any atom is -0.494 e. The molecule has 0 saturated heterocycles. The summed E-state index contributed by atoms with van der Waals surface area (Å²) in [6.45, 7) is 7.50. The van der Waals surface area contributed by atoms with E-state index in [9.17, 15) is 14.4 Å². The molecule has 0 heterocycles. The van der Waals surface area contributed by atoms with Gasteiger partial charge in [-0.1, -0.05) is 13.8 Å². The molecule has 0 aliphatic heterocycles. The molecule has 0 aliphatic carbocycles. The molecule has 0 radical (unpaired) electrons. The fourth-order valence-electron chi connectivity index (χ4n) is 1.89. The van der Waals surface area contributed by atoms with E-state index in [0.29, 0.717) is 17.9 Å². The summed E-state index contributed by atoms with van der Waals surface area (Å²) in [5.74, 6) is -1.40. The van der Waals surface area contributed by atoms with E-state index in [1.807, 2.05) is 6.92 Å². The molecule has 0 aliphatic rings. The van der Waals surface area contributed by atoms with Gasteiger partial charge in [0.1, 0.15) is 5.75 Å². The van der Waals surface area contributed by atoms with Crippen LogP contribution in [0.4, 0.5) is 0 Å². The van der Waals surface area contributed by atoms with Crippen LogP contribution in [0.1, 0.15) is 38.1 Å². The molecule has 6 heteroatoms. The van der Waals surface area contributed by atoms with E-state index in [4.69, 9.17) is 9.47 Å². The summed E-state index contributed by atoms with van der Waals surface area (Å²) in [5, 5.41) is 2.45. The van der Waals surface area contributed by atoms with Crippen molar-refractivity contribution in [2.24, 2.45) is 5.92 Å². The molecule has 23 heavy (non-hydrogen) atoms. The normalized spacial score (nSPS) is 11.7. The number of rotatable bonds is 8. The predicted molar refractivity (Wildman–Crippen MR) is 85.3 cm³/mol. The van der Waals surface area contributed by atoms with Gasteiger partial charge in [-0.3, -0.25) is 9.59 Å². The standard InChI is InChI=1S/C17H23NO5/c1-5-22-13-9-7-12(8-10-13)16(20)18-14(15(19)11(3)4)17(21)23-6-2/h7-11,14H,5-6H2,1-4H3,(H,18,20). The van der Waals surface area contributed by atoms with Crippen molar-refractivity contribution < 1.29 is 23.9 Å². The van der Waals surface area contributed by atoms with Crippen molar-refractivity contribution in [1.29, 1.82) is 0 Å². The van der Waals surface area contributed by atoms with Gasteiger partial charge in [0.15, 0.2) is 11.8 Å². The number of benzene rings is 1. The number of esters is 1. The number of ether oxygens (including phenoxy) is 2. The van der Waals surface area contributed by atoms with Gasteiger partial charge in [0.25, 0.3) is 5.91 Å². The van der Waals surface area contributed by atoms with Crippen molar-refractivity contribution in [1.82, 2.24) is 5.32 Å². The minimum atomic E-state index is -1.30. The Morgan fingerprint density at radius 1 is 1.04 bits per heavy atom. The van der Waals surface area contributed by atoms with Crippen LogP contribution >= 0.6 is 0 Å². The summed E-state index contributed by atoms with van der Waals surface area (Å²) in [6, 6.07) is 5.16. The molecule has 1 aromatic rings. The van der Waals surface area contributed by atoms with Gasteiger partial charge in [-0.25, -0.2) is 4.79 Å². The Balaban J connectivity index is 2.87. The maximum atomic E-state index is 12.2. The molecule has 1 unspecified atom stereocenters. The third-order valence-electron chi connectivity index (χ3n) is 3.08. The van der Waals surface area contributed by atoms with Crippen molar-refractivity contribution in [2.75, 3.05) is 13.2 Å². The first kappa shape index (κ1) is 18.7. The van der Waals surface area contributed by atoms with Gasteiger partial charge in [0.2, 0.25) is 0 Å². The largest absolute Gasteiger partial charge is 0.494 e. The van der Waals surface area contributed by atoms with Crippen LogP contribution in [0.2, 0.25) is 0 Å². The summed E-state index contributed by atoms with van der Waals surface area (Å²) in [4.78, 5) is 36.3. The SMILES string of the molecule is CCOC(=O)C(NC(=O)c1ccc(OCC)cc1)C(=O)C(C)C. The lowest BCUT2D eigenvalue weighted by atomic mass is 10.0. The highest BCUT2D eigenvalue weighted by Crippen LogP contribution is 2.12. The number of amides is 1. The van der Waals surface area contributed by atoms with Crippen molar-refractivity contribution in [3.8, 4) is 5.75 Å². The Kier molecular flexibility index (Phi) is 7.25. The molecule has 6 nitrogen and oxygen atoms in total. The van der Waals surface area contributed by atoms with E-state index in [0.717, 1.165) is 0 Å². The van der Waals surface area contributed by atoms with Crippen LogP contribution < -0.4 is 10.1 Å². The molecule has 126 valence electrons. The van der Waals surface area contributed by atoms with Crippen molar-refractivity contribution in [2.45, 2.75) is 33.7 Å². The molecular formula is C17H23NO5. The van der Waals surface area contributed by atoms with Gasteiger partial charge < -0.3 is 14.8 Å². The van der Waals surface area contributed by atoms with Crippen LogP contribution in [0.25, 0.3) is 0 Å². The molecule has 0 fully saturated rings. The minimum absolute atomic E-state index is 0.139. The number of Topliss-reactive ketones (excluding diaryl/α,β-unsaturated/α-hetero) is 1. The summed E-state index contributed by atoms with van der Waals surface area (Å²) in [7, 11) is 0. The number of ketones is 1. The summed E-state index contributed by atoms with van der Waals surface area (Å²) in [6.07, 6.45) is 0. The lowest BCUT2D eigenvalue weighted by molar-refractivity contribution is -0.149. The maximum absolute atomic E-state index is 12.2. The first-order valence-corrected chi connectivity index (χ1v) is 7.64. The van der Waals surface area contributed by atoms with E-state index in [2.05, 4.69) is 5.32 Å². The van der Waals surface area contributed by atoms with E-state index in [-0.39, 0.29) is 12.4 Å². The van der Waals surface area contributed by atoms with Crippen molar-refractivity contribution >= 4 is 17.7 Å². The van der Waals surface area contributed by atoms with E-state index < -0.39 is 23.8 Å². The number of hydrogen-bond acceptors (Lipinski definition) is 5. The first-order valence-electron chi connectivity index (χ1n) is 7.64. The highest BCUT2D eigenvalue weighted by molar-refractivity contribution is 6.08. The van der Waals surface area contributed by atoms with Crippen LogP contribution in [0.5, 0.6) is 5.75 Å². The molecule has 0 spiro atoms. The molecule has 1 atom stereocenters. The molecule has 0 saturated carbocycles. The van der Waals surface area contributed by atoms with Gasteiger partial charge in [0, 0.05) is 11.5 Å². The van der Waals surface area contributed by atoms with E-state index in [1.165, 1.54) is 0 Å². The second kappa shape index (κ2) is 8.92. The Hall–Kier alpha value is -2.37. The molecule has 1 amide bonds. The molecule has 1 N–H and O–H groups in total. The molecule has 0 aromatic heterocycles. The Labute approximate surface area is 136 Å². The van der Waals surface area contributed by atoms with E-state index >= 15 is 0 Å². The van der Waals surface area contributed by atoms with Crippen molar-refractivity contribution in [3.63, 3.8) is 0 Å². The Morgan fingerprint density at radius 3 is 2.13 bits per heavy atom. The topological polar surface area (TPSA) is 81.7 Å². The van der Waals surface area contributed by atoms with Crippen LogP contribution in [-0.2, 0) is 14.3 Å². The fraction of sp³-hybridized carbons (Fsp3) is 0.471. The lowest BCUT2D eigenvalue weighted by Gasteiger charge is -2.18. The smallest absolute Gasteiger partial charge is 0.336 e. The van der Waals surface area contributed by atoms with E-state index in [1.54, 1.807) is 45.0 Å². The number of nitrogens with one attached hydrogen (secondary N) is 1. The van der Waals surface area contributed by atoms with Crippen molar-refractivity contribution in [3.05, 3.63) is 29.8 Å². The van der Waals surface area contributed by atoms with Crippen LogP contribution in [0.3, 0.4) is 0 Å². The summed E-state index contributed by atoms with van der Waals surface area (Å²) >= 11 is 0. The number of carbonyl (C=O) groups excluding carboxylic acids is 3. The van der Waals surface area contributed by atoms with Gasteiger partial charge in [0.05, 0.1) is 13.2 Å². The summed E-state index contributed by atoms with van der Waals surface area (Å²) in [5.41, 5.74) is 0.333. The Bertz CT molecular complexity index is 551. The molecule has 1 aromatic carbocycles. The first-order chi connectivity index (χ1) is 10.9. The fourth-order valence-corrected chi connectivity index (χ4v) is 1.89. The zero-order chi connectivity index (χ0) is 17.4. The third kappa shape index (κ3) is 5.39. The zero-order valence-corrected chi connectivity index (χ0v) is 13.9. The summed E-state index contributed by atoms with van der Waals surface area (Å²) < 4.78 is 10.2. The quantitative estimate of drug-likeness (QED) is 0.585. The third-order valence-corrected chi connectivity index (χ3v) is 3.08. The second-order valence-corrected chi connectivity index (χ2v) is 5.17. The maximum Gasteiger partial charge on any atom is 0.336 e. The second-order valence-electron chi connectivity index (χ2n) is 5.17. The highest BCUT2D eigenvalue weighted by atomic mass is 16.5. The Morgan fingerprint density at radius 2 is 1.65 bits per heavy atom. The average molecular weight is 321 g/mol. The number of carbonyl (C=O) groups is 3. The van der Waals surface area contributed by atoms with Crippen LogP contribution in [-0.4, -0.2) is 36.9 Å². The predicted octanol–water partition coefficient (Wildman–Crippen LogP) is 1.97. The lowest BCUT2D eigenvalue weighted by Crippen LogP contribution is -2.48. The van der Waals surface area contributed by atoms with Crippen LogP contribution in [0.15, 0.2) is 24.3 Å². The molecular weight excluding hydrogens is 298 g/mol. The van der Waals surface area contributed by atoms with Gasteiger partial charge >= 0.3 is 5.97 Å². The average Bonchev–Trinajstić information content (AvgIpc) is 2.52. The van der Waals surface area contributed by atoms with Gasteiger partial charge in [-0.2, -0.15) is 0 Å². The zero-order valence-electron chi connectivity index (χ0n) is 13.9. The van der Waals surface area contributed by atoms with Crippen LogP contribution in [0, 0.1) is 5.92 Å². The molecule has 1 rings (SSSR count). The molecule has 0 bridgehead atoms. The number of hydrogen-bond donors (Lipinski definition) is 1. The van der Waals surface area contributed by atoms with Gasteiger partial charge in [-0.05, 0) is 38.1 Å². The van der Waals surface area contributed by atoms with Gasteiger partial charge in [-0.15, -0.1) is 0 Å². The highest BCUT2D eigenvalue weighted by Gasteiger charge is 2.31. The monoisotopic (exact) mass is 321 g/mol.